The van der Waals surface area contributed by atoms with Crippen LogP contribution in [0, 0.1) is 6.92 Å². The molecule has 1 aliphatic heterocycles. The summed E-state index contributed by atoms with van der Waals surface area (Å²) in [5.41, 5.74) is 1.30. The van der Waals surface area contributed by atoms with Gasteiger partial charge in [0.05, 0.1) is 11.4 Å². The van der Waals surface area contributed by atoms with Gasteiger partial charge in [0.1, 0.15) is 30.1 Å². The largest absolute Gasteiger partial charge is 0.490 e. The van der Waals surface area contributed by atoms with Crippen molar-refractivity contribution < 1.29 is 19.1 Å². The maximum atomic E-state index is 12.7. The van der Waals surface area contributed by atoms with E-state index in [1.807, 2.05) is 27.7 Å². The number of anilines is 1. The highest BCUT2D eigenvalue weighted by Gasteiger charge is 2.27. The molecule has 0 atom stereocenters. The lowest BCUT2D eigenvalue weighted by molar-refractivity contribution is 0.0126. The quantitative estimate of drug-likeness (QED) is 0.590. The summed E-state index contributed by atoms with van der Waals surface area (Å²) >= 11 is 0. The molecule has 35 heavy (non-hydrogen) atoms. The molecule has 1 aliphatic rings. The molecule has 10 nitrogen and oxygen atoms in total. The molecule has 2 aromatic heterocycles. The summed E-state index contributed by atoms with van der Waals surface area (Å²) in [6, 6.07) is 10.6. The number of nitrogens with one attached hydrogen (secondary N) is 1. The molecular weight excluding hydrogens is 448 g/mol. The number of aromatic nitrogens is 4. The van der Waals surface area contributed by atoms with Gasteiger partial charge >= 0.3 is 6.09 Å². The van der Waals surface area contributed by atoms with Gasteiger partial charge in [-0.1, -0.05) is 0 Å². The standard InChI is InChI=1S/C25H30N6O4/c1-17-21(9-10-22(28-17)31-16-26-15-27-31)29-23(32)18-5-7-19(8-6-18)34-20-11-13-30(14-12-20)24(33)35-25(2,3)4/h5-10,15-16,20H,11-14H2,1-4H3,(H,29,32). The minimum absolute atomic E-state index is 0.00517. The van der Waals surface area contributed by atoms with Crippen molar-refractivity contribution in [3.63, 3.8) is 0 Å². The third kappa shape index (κ3) is 6.34. The number of piperidine rings is 1. The van der Waals surface area contributed by atoms with Crippen molar-refractivity contribution >= 4 is 17.7 Å². The normalized spacial score (nSPS) is 14.5. The van der Waals surface area contributed by atoms with Gasteiger partial charge in [0.25, 0.3) is 5.91 Å². The monoisotopic (exact) mass is 478 g/mol. The number of hydrogen-bond acceptors (Lipinski definition) is 7. The van der Waals surface area contributed by atoms with Crippen LogP contribution >= 0.6 is 0 Å². The van der Waals surface area contributed by atoms with E-state index in [0.717, 1.165) is 12.8 Å². The topological polar surface area (TPSA) is 111 Å². The van der Waals surface area contributed by atoms with E-state index in [9.17, 15) is 9.59 Å². The smallest absolute Gasteiger partial charge is 0.410 e. The molecule has 0 saturated carbocycles. The van der Waals surface area contributed by atoms with Crippen molar-refractivity contribution in [2.45, 2.75) is 52.2 Å². The number of benzene rings is 1. The maximum Gasteiger partial charge on any atom is 0.410 e. The molecule has 0 bridgehead atoms. The fourth-order valence-corrected chi connectivity index (χ4v) is 3.69. The molecule has 1 aromatic carbocycles. The van der Waals surface area contributed by atoms with Crippen LogP contribution in [0.3, 0.4) is 0 Å². The van der Waals surface area contributed by atoms with Crippen molar-refractivity contribution in [3.8, 4) is 11.6 Å². The van der Waals surface area contributed by atoms with Crippen molar-refractivity contribution in [3.05, 3.63) is 60.3 Å². The molecule has 2 amide bonds. The Morgan fingerprint density at radius 2 is 1.77 bits per heavy atom. The molecule has 1 N–H and O–H groups in total. The summed E-state index contributed by atoms with van der Waals surface area (Å²) in [7, 11) is 0. The van der Waals surface area contributed by atoms with E-state index in [-0.39, 0.29) is 18.1 Å². The number of amides is 2. The Balaban J connectivity index is 1.29. The molecule has 0 spiro atoms. The van der Waals surface area contributed by atoms with Crippen molar-refractivity contribution in [1.82, 2.24) is 24.6 Å². The van der Waals surface area contributed by atoms with Crippen LogP contribution in [0.4, 0.5) is 10.5 Å². The fourth-order valence-electron chi connectivity index (χ4n) is 3.69. The summed E-state index contributed by atoms with van der Waals surface area (Å²) < 4.78 is 13.1. The molecule has 184 valence electrons. The minimum Gasteiger partial charge on any atom is -0.490 e. The van der Waals surface area contributed by atoms with Crippen LogP contribution in [0.2, 0.25) is 0 Å². The second-order valence-corrected chi connectivity index (χ2v) is 9.41. The van der Waals surface area contributed by atoms with Gasteiger partial charge in [-0.2, -0.15) is 5.10 Å². The highest BCUT2D eigenvalue weighted by molar-refractivity contribution is 6.04. The fraction of sp³-hybridized carbons (Fsp3) is 0.400. The van der Waals surface area contributed by atoms with Crippen molar-refractivity contribution in [1.29, 1.82) is 0 Å². The van der Waals surface area contributed by atoms with Gasteiger partial charge in [0.2, 0.25) is 0 Å². The molecule has 10 heteroatoms. The Kier molecular flexibility index (Phi) is 6.99. The van der Waals surface area contributed by atoms with E-state index in [1.165, 1.54) is 6.33 Å². The number of carbonyl (C=O) groups excluding carboxylic acids is 2. The van der Waals surface area contributed by atoms with Crippen LogP contribution in [0.15, 0.2) is 49.1 Å². The Morgan fingerprint density at radius 1 is 1.06 bits per heavy atom. The Bertz CT molecular complexity index is 1160. The number of rotatable bonds is 5. The zero-order valence-corrected chi connectivity index (χ0v) is 20.4. The second-order valence-electron chi connectivity index (χ2n) is 9.41. The first-order valence-electron chi connectivity index (χ1n) is 11.6. The van der Waals surface area contributed by atoms with E-state index < -0.39 is 5.60 Å². The van der Waals surface area contributed by atoms with Crippen LogP contribution in [-0.2, 0) is 4.74 Å². The Morgan fingerprint density at radius 3 is 2.37 bits per heavy atom. The molecule has 1 fully saturated rings. The third-order valence-electron chi connectivity index (χ3n) is 5.49. The summed E-state index contributed by atoms with van der Waals surface area (Å²) in [6.45, 7) is 8.57. The summed E-state index contributed by atoms with van der Waals surface area (Å²) in [4.78, 5) is 35.0. The number of carbonyl (C=O) groups is 2. The van der Waals surface area contributed by atoms with E-state index in [0.29, 0.717) is 41.6 Å². The van der Waals surface area contributed by atoms with Gasteiger partial charge < -0.3 is 19.7 Å². The first-order chi connectivity index (χ1) is 16.7. The molecule has 1 saturated heterocycles. The summed E-state index contributed by atoms with van der Waals surface area (Å²) in [6.07, 6.45) is 4.16. The number of ether oxygens (including phenoxy) is 2. The van der Waals surface area contributed by atoms with Gasteiger partial charge in [-0.3, -0.25) is 4.79 Å². The number of pyridine rings is 1. The lowest BCUT2D eigenvalue weighted by Gasteiger charge is -2.33. The van der Waals surface area contributed by atoms with Crippen LogP contribution in [0.5, 0.6) is 5.75 Å². The first kappa shape index (κ1) is 24.2. The van der Waals surface area contributed by atoms with Crippen molar-refractivity contribution in [2.24, 2.45) is 0 Å². The SMILES string of the molecule is Cc1nc(-n2cncn2)ccc1NC(=O)c1ccc(OC2CCN(C(=O)OC(C)(C)C)CC2)cc1. The Hall–Kier alpha value is -3.95. The van der Waals surface area contributed by atoms with E-state index in [2.05, 4.69) is 20.4 Å². The predicted molar refractivity (Wildman–Crippen MR) is 130 cm³/mol. The minimum atomic E-state index is -0.505. The average Bonchev–Trinajstić information content (AvgIpc) is 3.35. The first-order valence-corrected chi connectivity index (χ1v) is 11.6. The third-order valence-corrected chi connectivity index (χ3v) is 5.49. The lowest BCUT2D eigenvalue weighted by atomic mass is 10.1. The number of hydrogen-bond donors (Lipinski definition) is 1. The molecule has 0 aliphatic carbocycles. The van der Waals surface area contributed by atoms with E-state index in [4.69, 9.17) is 9.47 Å². The average molecular weight is 479 g/mol. The van der Waals surface area contributed by atoms with Gasteiger partial charge in [-0.05, 0) is 64.1 Å². The molecule has 3 aromatic rings. The van der Waals surface area contributed by atoms with E-state index in [1.54, 1.807) is 52.3 Å². The lowest BCUT2D eigenvalue weighted by Crippen LogP contribution is -2.44. The second kappa shape index (κ2) is 10.1. The summed E-state index contributed by atoms with van der Waals surface area (Å²) in [5.74, 6) is 1.07. The molecular formula is C25H30N6O4. The number of likely N-dealkylation sites (tertiary alicyclic amines) is 1. The van der Waals surface area contributed by atoms with E-state index >= 15 is 0 Å². The number of nitrogens with zero attached hydrogens (tertiary/aromatic N) is 5. The van der Waals surface area contributed by atoms with Crippen LogP contribution in [-0.4, -0.2) is 61.4 Å². The molecule has 0 radical (unpaired) electrons. The maximum absolute atomic E-state index is 12.7. The summed E-state index contributed by atoms with van der Waals surface area (Å²) in [5, 5.41) is 6.96. The van der Waals surface area contributed by atoms with Gasteiger partial charge in [-0.15, -0.1) is 0 Å². The Labute approximate surface area is 204 Å². The van der Waals surface area contributed by atoms with Crippen LogP contribution < -0.4 is 10.1 Å². The van der Waals surface area contributed by atoms with Gasteiger partial charge in [-0.25, -0.2) is 19.4 Å². The molecule has 4 rings (SSSR count). The van der Waals surface area contributed by atoms with Crippen LogP contribution in [0.25, 0.3) is 5.82 Å². The highest BCUT2D eigenvalue weighted by Crippen LogP contribution is 2.22. The van der Waals surface area contributed by atoms with Crippen LogP contribution in [0.1, 0.15) is 49.7 Å². The zero-order valence-electron chi connectivity index (χ0n) is 20.4. The highest BCUT2D eigenvalue weighted by atomic mass is 16.6. The number of aryl methyl sites for hydroxylation is 1. The van der Waals surface area contributed by atoms with Gasteiger partial charge in [0.15, 0.2) is 5.82 Å². The van der Waals surface area contributed by atoms with Crippen molar-refractivity contribution in [2.75, 3.05) is 18.4 Å². The van der Waals surface area contributed by atoms with Gasteiger partial charge in [0, 0.05) is 31.5 Å². The molecule has 3 heterocycles. The molecule has 0 unspecified atom stereocenters. The zero-order chi connectivity index (χ0) is 25.0. The predicted octanol–water partition coefficient (Wildman–Crippen LogP) is 4.00.